The van der Waals surface area contributed by atoms with Crippen LogP contribution in [0.3, 0.4) is 0 Å². The highest BCUT2D eigenvalue weighted by atomic mass is 35.5. The van der Waals surface area contributed by atoms with Crippen molar-refractivity contribution in [3.63, 3.8) is 0 Å². The van der Waals surface area contributed by atoms with Gasteiger partial charge in [-0.25, -0.2) is 8.78 Å². The van der Waals surface area contributed by atoms with E-state index in [1.54, 1.807) is 18.2 Å². The van der Waals surface area contributed by atoms with Crippen molar-refractivity contribution >= 4 is 35.0 Å². The molecule has 3 nitrogen and oxygen atoms in total. The van der Waals surface area contributed by atoms with Crippen LogP contribution >= 0.6 is 23.4 Å². The molecule has 1 fully saturated rings. The van der Waals surface area contributed by atoms with E-state index in [4.69, 9.17) is 11.6 Å². The normalized spacial score (nSPS) is 18.2. The largest absolute Gasteiger partial charge is 0.325 e. The summed E-state index contributed by atoms with van der Waals surface area (Å²) in [6.07, 6.45) is 0.0176. The minimum atomic E-state index is -2.42. The van der Waals surface area contributed by atoms with E-state index in [9.17, 15) is 13.6 Å². The number of hydrogen-bond acceptors (Lipinski definition) is 3. The molecular formula is C14H17ClF2N2OS. The number of alkyl halides is 2. The Hall–Kier alpha value is -0.850. The molecule has 1 aromatic rings. The van der Waals surface area contributed by atoms with Gasteiger partial charge in [-0.2, -0.15) is 0 Å². The van der Waals surface area contributed by atoms with E-state index in [1.165, 1.54) is 0 Å². The third kappa shape index (κ3) is 5.13. The Bertz CT molecular complexity index is 496. The molecule has 1 unspecified atom stereocenters. The van der Waals surface area contributed by atoms with Gasteiger partial charge in [0.1, 0.15) is 0 Å². The minimum Gasteiger partial charge on any atom is -0.325 e. The third-order valence-electron chi connectivity index (χ3n) is 3.19. The van der Waals surface area contributed by atoms with Crippen LogP contribution in [0, 0.1) is 0 Å². The van der Waals surface area contributed by atoms with Crippen LogP contribution in [0.15, 0.2) is 23.1 Å². The third-order valence-corrected chi connectivity index (χ3v) is 4.76. The van der Waals surface area contributed by atoms with Crippen molar-refractivity contribution in [1.82, 2.24) is 5.32 Å². The highest BCUT2D eigenvalue weighted by Crippen LogP contribution is 2.35. The molecule has 0 saturated carbocycles. The monoisotopic (exact) mass is 334 g/mol. The summed E-state index contributed by atoms with van der Waals surface area (Å²) in [6.45, 7) is 0.935. The number of rotatable bonds is 6. The maximum atomic E-state index is 12.4. The van der Waals surface area contributed by atoms with Crippen molar-refractivity contribution in [2.45, 2.75) is 36.6 Å². The number of amides is 1. The molecule has 2 N–H and O–H groups in total. The predicted octanol–water partition coefficient (Wildman–Crippen LogP) is 3.78. The predicted molar refractivity (Wildman–Crippen MR) is 82.5 cm³/mol. The first kappa shape index (κ1) is 16.5. The van der Waals surface area contributed by atoms with Crippen LogP contribution in [-0.2, 0) is 4.79 Å². The molecule has 116 valence electrons. The van der Waals surface area contributed by atoms with Crippen molar-refractivity contribution in [2.75, 3.05) is 17.6 Å². The van der Waals surface area contributed by atoms with E-state index < -0.39 is 6.43 Å². The summed E-state index contributed by atoms with van der Waals surface area (Å²) >= 11 is 6.99. The standard InChI is InChI=1S/C14H17ClF2N2OS/c15-10-4-1-5-11(14(10)21-8-12(16)17)19-13(20)7-9-3-2-6-18-9/h1,4-5,9,12,18H,2-3,6-8H2,(H,19,20). The van der Waals surface area contributed by atoms with Gasteiger partial charge in [0.2, 0.25) is 12.3 Å². The summed E-state index contributed by atoms with van der Waals surface area (Å²) in [5, 5.41) is 6.39. The first-order valence-electron chi connectivity index (χ1n) is 6.79. The van der Waals surface area contributed by atoms with Gasteiger partial charge in [0.05, 0.1) is 16.5 Å². The SMILES string of the molecule is O=C(CC1CCCN1)Nc1cccc(Cl)c1SCC(F)F. The van der Waals surface area contributed by atoms with Crippen molar-refractivity contribution in [3.05, 3.63) is 23.2 Å². The van der Waals surface area contributed by atoms with E-state index in [0.29, 0.717) is 22.0 Å². The van der Waals surface area contributed by atoms with Gasteiger partial charge < -0.3 is 10.6 Å². The lowest BCUT2D eigenvalue weighted by molar-refractivity contribution is -0.116. The molecule has 0 radical (unpaired) electrons. The molecule has 1 atom stereocenters. The average molecular weight is 335 g/mol. The fourth-order valence-corrected chi connectivity index (χ4v) is 3.37. The number of hydrogen-bond donors (Lipinski definition) is 2. The Morgan fingerprint density at radius 1 is 1.52 bits per heavy atom. The second-order valence-corrected chi connectivity index (χ2v) is 6.30. The van der Waals surface area contributed by atoms with Crippen molar-refractivity contribution in [2.24, 2.45) is 0 Å². The molecule has 1 aliphatic heterocycles. The highest BCUT2D eigenvalue weighted by Gasteiger charge is 2.19. The van der Waals surface area contributed by atoms with Crippen LogP contribution in [0.5, 0.6) is 0 Å². The summed E-state index contributed by atoms with van der Waals surface area (Å²) < 4.78 is 24.7. The lowest BCUT2D eigenvalue weighted by atomic mass is 10.1. The van der Waals surface area contributed by atoms with Crippen molar-refractivity contribution in [3.8, 4) is 0 Å². The van der Waals surface area contributed by atoms with E-state index in [1.807, 2.05) is 0 Å². The molecule has 1 aromatic carbocycles. The molecule has 2 rings (SSSR count). The van der Waals surface area contributed by atoms with Crippen LogP contribution < -0.4 is 10.6 Å². The Kier molecular flexibility index (Phi) is 6.26. The minimum absolute atomic E-state index is 0.129. The summed E-state index contributed by atoms with van der Waals surface area (Å²) in [5.74, 6) is -0.480. The Morgan fingerprint density at radius 2 is 2.33 bits per heavy atom. The molecule has 1 saturated heterocycles. The van der Waals surface area contributed by atoms with Crippen LogP contribution in [0.4, 0.5) is 14.5 Å². The van der Waals surface area contributed by atoms with Gasteiger partial charge in [0.25, 0.3) is 0 Å². The number of thioether (sulfide) groups is 1. The first-order chi connectivity index (χ1) is 10.1. The summed E-state index contributed by atoms with van der Waals surface area (Å²) in [7, 11) is 0. The Morgan fingerprint density at radius 3 is 3.00 bits per heavy atom. The number of halogens is 3. The molecule has 0 aliphatic carbocycles. The first-order valence-corrected chi connectivity index (χ1v) is 8.15. The average Bonchev–Trinajstić information content (AvgIpc) is 2.90. The smallest absolute Gasteiger partial charge is 0.247 e. The maximum Gasteiger partial charge on any atom is 0.247 e. The van der Waals surface area contributed by atoms with Gasteiger partial charge in [0, 0.05) is 17.4 Å². The summed E-state index contributed by atoms with van der Waals surface area (Å²) in [4.78, 5) is 12.5. The molecule has 0 aromatic heterocycles. The van der Waals surface area contributed by atoms with E-state index in [2.05, 4.69) is 10.6 Å². The number of anilines is 1. The van der Waals surface area contributed by atoms with E-state index in [-0.39, 0.29) is 17.7 Å². The lowest BCUT2D eigenvalue weighted by Crippen LogP contribution is -2.27. The van der Waals surface area contributed by atoms with Gasteiger partial charge in [-0.15, -0.1) is 11.8 Å². The number of carbonyl (C=O) groups is 1. The molecule has 7 heteroatoms. The fourth-order valence-electron chi connectivity index (χ4n) is 2.26. The fraction of sp³-hybridized carbons (Fsp3) is 0.500. The number of benzene rings is 1. The Labute approximate surface area is 131 Å². The van der Waals surface area contributed by atoms with Gasteiger partial charge in [-0.1, -0.05) is 17.7 Å². The van der Waals surface area contributed by atoms with Crippen LogP contribution in [0.1, 0.15) is 19.3 Å². The maximum absolute atomic E-state index is 12.4. The van der Waals surface area contributed by atoms with E-state index in [0.717, 1.165) is 31.1 Å². The second-order valence-electron chi connectivity index (χ2n) is 4.86. The topological polar surface area (TPSA) is 41.1 Å². The summed E-state index contributed by atoms with van der Waals surface area (Å²) in [5.41, 5.74) is 0.496. The van der Waals surface area contributed by atoms with Gasteiger partial charge >= 0.3 is 0 Å². The van der Waals surface area contributed by atoms with Gasteiger partial charge in [0.15, 0.2) is 0 Å². The van der Waals surface area contributed by atoms with Gasteiger partial charge in [-0.05, 0) is 31.5 Å². The van der Waals surface area contributed by atoms with Crippen LogP contribution in [0.2, 0.25) is 5.02 Å². The van der Waals surface area contributed by atoms with Crippen molar-refractivity contribution in [1.29, 1.82) is 0 Å². The quantitative estimate of drug-likeness (QED) is 0.778. The van der Waals surface area contributed by atoms with Crippen LogP contribution in [0.25, 0.3) is 0 Å². The zero-order valence-corrected chi connectivity index (χ0v) is 12.9. The zero-order chi connectivity index (χ0) is 15.2. The highest BCUT2D eigenvalue weighted by molar-refractivity contribution is 7.99. The lowest BCUT2D eigenvalue weighted by Gasteiger charge is -2.14. The summed E-state index contributed by atoms with van der Waals surface area (Å²) in [6, 6.07) is 5.20. The molecule has 1 aliphatic rings. The number of nitrogens with one attached hydrogen (secondary N) is 2. The zero-order valence-electron chi connectivity index (χ0n) is 11.4. The second kappa shape index (κ2) is 7.96. The molecular weight excluding hydrogens is 318 g/mol. The van der Waals surface area contributed by atoms with Crippen LogP contribution in [-0.4, -0.2) is 30.7 Å². The van der Waals surface area contributed by atoms with Gasteiger partial charge in [-0.3, -0.25) is 4.79 Å². The molecule has 21 heavy (non-hydrogen) atoms. The van der Waals surface area contributed by atoms with Crippen molar-refractivity contribution < 1.29 is 13.6 Å². The molecule has 1 amide bonds. The molecule has 1 heterocycles. The van der Waals surface area contributed by atoms with E-state index >= 15 is 0 Å². The number of carbonyl (C=O) groups excluding carboxylic acids is 1. The molecule has 0 spiro atoms. The Balaban J connectivity index is 2.00. The molecule has 0 bridgehead atoms.